The molecule has 0 spiro atoms. The molecule has 0 rings (SSSR count). The molecular weight excluding hydrogens is 981 g/mol. The van der Waals surface area contributed by atoms with Crippen LogP contribution in [0.5, 0.6) is 0 Å². The Bertz CT molecular complexity index is 1680. The number of aliphatic hydroxyl groups excluding tert-OH is 1. The summed E-state index contributed by atoms with van der Waals surface area (Å²) in [5.74, 6) is -0.592. The molecule has 1 unspecified atom stereocenters. The van der Waals surface area contributed by atoms with Gasteiger partial charge in [-0.15, -0.1) is 0 Å². The maximum atomic E-state index is 12.4. The lowest BCUT2D eigenvalue weighted by molar-refractivity contribution is -0.161. The van der Waals surface area contributed by atoms with Crippen LogP contribution in [0.25, 0.3) is 0 Å². The summed E-state index contributed by atoms with van der Waals surface area (Å²) in [6, 6.07) is 0. The van der Waals surface area contributed by atoms with Gasteiger partial charge in [0, 0.05) is 12.8 Å². The van der Waals surface area contributed by atoms with Gasteiger partial charge in [0.25, 0.3) is 0 Å². The van der Waals surface area contributed by atoms with Crippen LogP contribution in [-0.4, -0.2) is 36.4 Å². The summed E-state index contributed by atoms with van der Waals surface area (Å²) in [6.07, 6.45) is 104. The highest BCUT2D eigenvalue weighted by molar-refractivity contribution is 5.70. The average molecular weight is 1110 g/mol. The molecule has 0 radical (unpaired) electrons. The summed E-state index contributed by atoms with van der Waals surface area (Å²) in [7, 11) is 0. The van der Waals surface area contributed by atoms with Gasteiger partial charge in [0.15, 0.2) is 6.10 Å². The number of hydrogen-bond donors (Lipinski definition) is 1. The molecule has 1 N–H and O–H groups in total. The first-order valence-corrected chi connectivity index (χ1v) is 33.4. The molecule has 0 aliphatic heterocycles. The molecule has 5 heteroatoms. The first-order valence-electron chi connectivity index (χ1n) is 33.4. The number of hydrogen-bond acceptors (Lipinski definition) is 5. The number of carbonyl (C=O) groups is 2. The van der Waals surface area contributed by atoms with E-state index in [9.17, 15) is 14.7 Å². The lowest BCUT2D eigenvalue weighted by Crippen LogP contribution is -2.28. The minimum absolute atomic E-state index is 0.0721. The summed E-state index contributed by atoms with van der Waals surface area (Å²) in [5.41, 5.74) is 0. The minimum atomic E-state index is -0.783. The highest BCUT2D eigenvalue weighted by atomic mass is 16.6. The van der Waals surface area contributed by atoms with Crippen molar-refractivity contribution in [1.82, 2.24) is 0 Å². The van der Waals surface area contributed by atoms with Gasteiger partial charge in [-0.1, -0.05) is 314 Å². The number of esters is 2. The molecule has 0 aliphatic carbocycles. The van der Waals surface area contributed by atoms with Gasteiger partial charge in [-0.25, -0.2) is 0 Å². The fourth-order valence-electron chi connectivity index (χ4n) is 9.21. The van der Waals surface area contributed by atoms with Gasteiger partial charge in [0.05, 0.1) is 6.61 Å². The summed E-state index contributed by atoms with van der Waals surface area (Å²) >= 11 is 0. The second kappa shape index (κ2) is 69.1. The molecule has 0 aromatic carbocycles. The molecule has 80 heavy (non-hydrogen) atoms. The quantitative estimate of drug-likeness (QED) is 0.0373. The molecule has 5 nitrogen and oxygen atoms in total. The van der Waals surface area contributed by atoms with E-state index in [1.165, 1.54) is 154 Å². The Hall–Kier alpha value is -4.22. The van der Waals surface area contributed by atoms with Crippen LogP contribution in [0.2, 0.25) is 0 Å². The predicted octanol–water partition coefficient (Wildman–Crippen LogP) is 23.3. The van der Waals surface area contributed by atoms with E-state index in [-0.39, 0.29) is 25.2 Å². The second-order valence-corrected chi connectivity index (χ2v) is 21.8. The largest absolute Gasteiger partial charge is 0.462 e. The van der Waals surface area contributed by atoms with Crippen LogP contribution in [0, 0.1) is 0 Å². The van der Waals surface area contributed by atoms with Gasteiger partial charge in [-0.3, -0.25) is 9.59 Å². The van der Waals surface area contributed by atoms with E-state index in [1.54, 1.807) is 0 Å². The summed E-state index contributed by atoms with van der Waals surface area (Å²) in [6.45, 7) is 3.93. The Morgan fingerprint density at radius 3 is 0.750 bits per heavy atom. The molecule has 0 heterocycles. The van der Waals surface area contributed by atoms with Gasteiger partial charge < -0.3 is 14.6 Å². The van der Waals surface area contributed by atoms with E-state index in [4.69, 9.17) is 9.47 Å². The van der Waals surface area contributed by atoms with Crippen molar-refractivity contribution in [3.8, 4) is 0 Å². The van der Waals surface area contributed by atoms with Crippen molar-refractivity contribution in [2.45, 2.75) is 302 Å². The van der Waals surface area contributed by atoms with Crippen LogP contribution in [0.1, 0.15) is 296 Å². The maximum absolute atomic E-state index is 12.4. The normalized spacial score (nSPS) is 13.2. The van der Waals surface area contributed by atoms with Crippen LogP contribution in [-0.2, 0) is 19.1 Å². The fraction of sp³-hybridized carbons (Fsp3) is 0.653. The third-order valence-corrected chi connectivity index (χ3v) is 14.1. The van der Waals surface area contributed by atoms with Crippen molar-refractivity contribution >= 4 is 11.9 Å². The summed E-state index contributed by atoms with van der Waals surface area (Å²) in [5, 5.41) is 9.70. The van der Waals surface area contributed by atoms with Crippen LogP contribution < -0.4 is 0 Å². The zero-order valence-corrected chi connectivity index (χ0v) is 52.0. The summed E-state index contributed by atoms with van der Waals surface area (Å²) < 4.78 is 10.8. The number of carbonyl (C=O) groups excluding carboxylic acids is 2. The SMILES string of the molecule is CC/C=C\C/C=C\C/C=C\C/C=C\C/C=C\C/C=C\C/C=C\CCCCCCCCCCCCCC(=O)OC(CO)COC(=O)CCCCCCCCCCCCCCCCCCC/C=C\C/C=C\C/C=C\C/C=C\C/C=C\CC. The van der Waals surface area contributed by atoms with E-state index >= 15 is 0 Å². The Morgan fingerprint density at radius 1 is 0.287 bits per heavy atom. The van der Waals surface area contributed by atoms with Gasteiger partial charge >= 0.3 is 11.9 Å². The lowest BCUT2D eigenvalue weighted by Gasteiger charge is -2.15. The number of rotatable bonds is 60. The van der Waals surface area contributed by atoms with Crippen molar-refractivity contribution in [2.75, 3.05) is 13.2 Å². The van der Waals surface area contributed by atoms with E-state index in [0.29, 0.717) is 12.8 Å². The minimum Gasteiger partial charge on any atom is -0.462 e. The van der Waals surface area contributed by atoms with Gasteiger partial charge in [0.2, 0.25) is 0 Å². The molecule has 454 valence electrons. The second-order valence-electron chi connectivity index (χ2n) is 21.8. The first kappa shape index (κ1) is 75.8. The predicted molar refractivity (Wildman–Crippen MR) is 352 cm³/mol. The summed E-state index contributed by atoms with van der Waals surface area (Å²) in [4.78, 5) is 24.6. The zero-order chi connectivity index (χ0) is 57.6. The number of allylic oxidation sites excluding steroid dienone is 24. The smallest absolute Gasteiger partial charge is 0.306 e. The highest BCUT2D eigenvalue weighted by Crippen LogP contribution is 2.17. The molecule has 0 fully saturated rings. The number of ether oxygens (including phenoxy) is 2. The van der Waals surface area contributed by atoms with Gasteiger partial charge in [0.1, 0.15) is 6.61 Å². The van der Waals surface area contributed by atoms with Crippen LogP contribution in [0.15, 0.2) is 146 Å². The van der Waals surface area contributed by atoms with Crippen LogP contribution in [0.4, 0.5) is 0 Å². The monoisotopic (exact) mass is 1100 g/mol. The molecule has 0 amide bonds. The van der Waals surface area contributed by atoms with Crippen LogP contribution >= 0.6 is 0 Å². The lowest BCUT2D eigenvalue weighted by atomic mass is 10.0. The Balaban J connectivity index is 3.51. The van der Waals surface area contributed by atoms with Crippen molar-refractivity contribution in [2.24, 2.45) is 0 Å². The Labute approximate surface area is 495 Å². The average Bonchev–Trinajstić information content (AvgIpc) is 3.46. The standard InChI is InChI=1S/C75H124O5/c1-3-5-7-9-11-13-15-17-19-21-23-25-27-29-31-33-35-37-39-41-43-45-47-49-51-53-55-57-59-61-63-65-67-69-74(77)79-72-73(71-76)80-75(78)70-68-66-64-62-60-58-56-54-52-50-48-46-44-42-40-38-36-34-32-30-28-26-24-22-20-18-16-14-12-10-8-6-4-2/h5-8,11-14,17-20,23-26,29-32,36,38,42,44,73,76H,3-4,9-10,15-16,21-22,27-28,33-35,37,39-41,43,45-72H2,1-2H3/b7-5-,8-6-,13-11-,14-12-,19-17-,20-18-,25-23-,26-24-,31-29-,32-30-,38-36-,44-42-. The molecule has 0 aromatic rings. The Kier molecular flexibility index (Phi) is 65.4. The zero-order valence-electron chi connectivity index (χ0n) is 52.0. The van der Waals surface area contributed by atoms with Crippen molar-refractivity contribution in [1.29, 1.82) is 0 Å². The fourth-order valence-corrected chi connectivity index (χ4v) is 9.21. The number of unbranched alkanes of at least 4 members (excludes halogenated alkanes) is 28. The topological polar surface area (TPSA) is 72.8 Å². The molecule has 0 saturated carbocycles. The maximum Gasteiger partial charge on any atom is 0.306 e. The Morgan fingerprint density at radius 2 is 0.500 bits per heavy atom. The highest BCUT2D eigenvalue weighted by Gasteiger charge is 2.16. The number of aliphatic hydroxyl groups is 1. The van der Waals surface area contributed by atoms with Crippen LogP contribution in [0.3, 0.4) is 0 Å². The van der Waals surface area contributed by atoms with E-state index in [1.807, 2.05) is 0 Å². The molecule has 0 aliphatic rings. The molecule has 0 saturated heterocycles. The molecule has 1 atom stereocenters. The molecule has 0 aromatic heterocycles. The van der Waals surface area contributed by atoms with Crippen molar-refractivity contribution in [3.05, 3.63) is 146 Å². The van der Waals surface area contributed by atoms with E-state index < -0.39 is 6.10 Å². The van der Waals surface area contributed by atoms with Crippen molar-refractivity contribution < 1.29 is 24.2 Å². The van der Waals surface area contributed by atoms with Gasteiger partial charge in [-0.2, -0.15) is 0 Å². The van der Waals surface area contributed by atoms with Gasteiger partial charge in [-0.05, 0) is 116 Å². The molecular formula is C75H124O5. The molecule has 0 bridgehead atoms. The third kappa shape index (κ3) is 66.3. The first-order chi connectivity index (χ1) is 39.6. The van der Waals surface area contributed by atoms with E-state index in [2.05, 4.69) is 160 Å². The van der Waals surface area contributed by atoms with Crippen molar-refractivity contribution in [3.63, 3.8) is 0 Å². The van der Waals surface area contributed by atoms with E-state index in [0.717, 1.165) is 116 Å². The third-order valence-electron chi connectivity index (χ3n) is 14.1.